The molecule has 1 aromatic carbocycles. The van der Waals surface area contributed by atoms with Crippen LogP contribution in [0.3, 0.4) is 0 Å². The molecule has 0 aliphatic rings. The molecule has 0 aliphatic heterocycles. The van der Waals surface area contributed by atoms with Gasteiger partial charge < -0.3 is 10.3 Å². The number of pyridine rings is 1. The van der Waals surface area contributed by atoms with Crippen LogP contribution in [0, 0.1) is 12.7 Å². The van der Waals surface area contributed by atoms with Crippen molar-refractivity contribution < 1.29 is 17.2 Å². The molecule has 160 valence electrons. The van der Waals surface area contributed by atoms with Crippen LogP contribution in [0.1, 0.15) is 16.8 Å². The molecule has 0 radical (unpaired) electrons. The maximum absolute atomic E-state index is 14.1. The highest BCUT2D eigenvalue weighted by molar-refractivity contribution is 7.89. The van der Waals surface area contributed by atoms with Gasteiger partial charge in [-0.15, -0.1) is 0 Å². The highest BCUT2D eigenvalue weighted by atomic mass is 32.2. The van der Waals surface area contributed by atoms with Crippen LogP contribution >= 0.6 is 0 Å². The van der Waals surface area contributed by atoms with Crippen LogP contribution < -0.4 is 5.73 Å². The van der Waals surface area contributed by atoms with Gasteiger partial charge in [0.1, 0.15) is 11.6 Å². The second kappa shape index (κ2) is 8.63. The average molecular weight is 435 g/mol. The van der Waals surface area contributed by atoms with Crippen molar-refractivity contribution in [3.8, 4) is 0 Å². The van der Waals surface area contributed by atoms with Gasteiger partial charge in [0.2, 0.25) is 10.0 Å². The molecular formula is C21H24F2N4O2S. The van der Waals surface area contributed by atoms with Gasteiger partial charge in [-0.05, 0) is 30.7 Å². The van der Waals surface area contributed by atoms with E-state index in [0.29, 0.717) is 17.5 Å². The highest BCUT2D eigenvalue weighted by Gasteiger charge is 2.19. The van der Waals surface area contributed by atoms with Crippen LogP contribution in [-0.2, 0) is 23.0 Å². The first-order chi connectivity index (χ1) is 14.1. The van der Waals surface area contributed by atoms with Gasteiger partial charge in [-0.2, -0.15) is 0 Å². The Labute approximate surface area is 174 Å². The number of halogens is 2. The summed E-state index contributed by atoms with van der Waals surface area (Å²) >= 11 is 0. The van der Waals surface area contributed by atoms with E-state index < -0.39 is 21.7 Å². The molecule has 9 heteroatoms. The summed E-state index contributed by atoms with van der Waals surface area (Å²) in [4.78, 5) is 4.43. The van der Waals surface area contributed by atoms with Crippen molar-refractivity contribution in [2.45, 2.75) is 24.8 Å². The molecule has 0 atom stereocenters. The van der Waals surface area contributed by atoms with Crippen molar-refractivity contribution in [1.82, 2.24) is 13.9 Å². The zero-order valence-corrected chi connectivity index (χ0v) is 17.9. The van der Waals surface area contributed by atoms with E-state index in [1.165, 1.54) is 26.2 Å². The maximum atomic E-state index is 14.1. The van der Waals surface area contributed by atoms with E-state index in [4.69, 9.17) is 5.73 Å². The Morgan fingerprint density at radius 3 is 2.53 bits per heavy atom. The van der Waals surface area contributed by atoms with Gasteiger partial charge in [0.05, 0.1) is 28.7 Å². The van der Waals surface area contributed by atoms with E-state index >= 15 is 0 Å². The number of nitrogens with zero attached hydrogens (tertiary/aromatic N) is 3. The number of rotatable bonds is 7. The number of aromatic nitrogens is 2. The van der Waals surface area contributed by atoms with E-state index in [2.05, 4.69) is 4.98 Å². The quantitative estimate of drug-likeness (QED) is 0.620. The number of hydrogen-bond donors (Lipinski definition) is 1. The van der Waals surface area contributed by atoms with Crippen LogP contribution in [0.4, 0.5) is 8.78 Å². The summed E-state index contributed by atoms with van der Waals surface area (Å²) in [5, 5.41) is 0. The summed E-state index contributed by atoms with van der Waals surface area (Å²) in [6.07, 6.45) is 2.86. The predicted molar refractivity (Wildman–Crippen MR) is 113 cm³/mol. The summed E-state index contributed by atoms with van der Waals surface area (Å²) in [5.41, 5.74) is 8.91. The minimum atomic E-state index is -3.51. The number of sulfonamides is 1. The molecule has 0 aliphatic carbocycles. The molecule has 0 amide bonds. The topological polar surface area (TPSA) is 81.2 Å². The second-order valence-electron chi connectivity index (χ2n) is 7.17. The number of benzene rings is 1. The fraction of sp³-hybridized carbons (Fsp3) is 0.286. The van der Waals surface area contributed by atoms with E-state index in [-0.39, 0.29) is 18.0 Å². The highest BCUT2D eigenvalue weighted by Crippen LogP contribution is 2.28. The van der Waals surface area contributed by atoms with Gasteiger partial charge in [0.15, 0.2) is 0 Å². The first-order valence-electron chi connectivity index (χ1n) is 9.34. The third-order valence-corrected chi connectivity index (χ3v) is 6.81. The van der Waals surface area contributed by atoms with E-state index in [1.807, 2.05) is 6.92 Å². The molecule has 0 bridgehead atoms. The van der Waals surface area contributed by atoms with E-state index in [0.717, 1.165) is 27.3 Å². The van der Waals surface area contributed by atoms with Gasteiger partial charge >= 0.3 is 0 Å². The van der Waals surface area contributed by atoms with Crippen molar-refractivity contribution in [2.75, 3.05) is 20.6 Å². The van der Waals surface area contributed by atoms with Crippen LogP contribution in [0.5, 0.6) is 0 Å². The van der Waals surface area contributed by atoms with Gasteiger partial charge in [0.25, 0.3) is 0 Å². The molecule has 0 saturated heterocycles. The Kier molecular flexibility index (Phi) is 6.35. The van der Waals surface area contributed by atoms with E-state index in [9.17, 15) is 17.2 Å². The number of fused-ring (bicyclic) bond motifs is 1. The largest absolute Gasteiger partial charge is 0.336 e. The zero-order chi connectivity index (χ0) is 22.1. The molecule has 0 unspecified atom stereocenters. The molecule has 0 spiro atoms. The van der Waals surface area contributed by atoms with E-state index in [1.54, 1.807) is 28.8 Å². The molecule has 2 aromatic heterocycles. The van der Waals surface area contributed by atoms with Crippen molar-refractivity contribution in [1.29, 1.82) is 0 Å². The maximum Gasteiger partial charge on any atom is 0.242 e. The van der Waals surface area contributed by atoms with Crippen LogP contribution in [0.15, 0.2) is 53.3 Å². The van der Waals surface area contributed by atoms with Crippen molar-refractivity contribution >= 4 is 21.1 Å². The summed E-state index contributed by atoms with van der Waals surface area (Å²) in [6, 6.07) is 7.90. The Morgan fingerprint density at radius 1 is 1.27 bits per heavy atom. The van der Waals surface area contributed by atoms with Crippen molar-refractivity contribution in [3.05, 3.63) is 71.1 Å². The molecule has 2 N–H and O–H groups in total. The first-order valence-corrected chi connectivity index (χ1v) is 10.8. The minimum Gasteiger partial charge on any atom is -0.336 e. The summed E-state index contributed by atoms with van der Waals surface area (Å²) < 4.78 is 55.3. The lowest BCUT2D eigenvalue weighted by atomic mass is 10.0. The fourth-order valence-electron chi connectivity index (χ4n) is 3.33. The minimum absolute atomic E-state index is 0.0648. The van der Waals surface area contributed by atoms with Crippen molar-refractivity contribution in [2.24, 2.45) is 5.73 Å². The van der Waals surface area contributed by atoms with Gasteiger partial charge in [-0.3, -0.25) is 4.98 Å². The fourth-order valence-corrected chi connectivity index (χ4v) is 4.24. The molecule has 3 aromatic rings. The molecule has 3 rings (SSSR count). The Hall–Kier alpha value is -2.62. The molecule has 6 nitrogen and oxygen atoms in total. The lowest BCUT2D eigenvalue weighted by molar-refractivity contribution is 0.520. The third kappa shape index (κ3) is 4.28. The van der Waals surface area contributed by atoms with Crippen molar-refractivity contribution in [3.63, 3.8) is 0 Å². The lowest BCUT2D eigenvalue weighted by Gasteiger charge is -2.12. The third-order valence-electron chi connectivity index (χ3n) is 4.98. The summed E-state index contributed by atoms with van der Waals surface area (Å²) in [7, 11) is -0.559. The number of allylic oxidation sites excluding steroid dienone is 1. The molecule has 0 saturated carbocycles. The van der Waals surface area contributed by atoms with Crippen LogP contribution in [0.2, 0.25) is 0 Å². The smallest absolute Gasteiger partial charge is 0.242 e. The zero-order valence-electron chi connectivity index (χ0n) is 17.1. The Bertz CT molecular complexity index is 1200. The Balaban J connectivity index is 2.02. The normalized spacial score (nSPS) is 12.8. The SMILES string of the molecule is Cc1c(Cc2ccc(S(=O)(=O)N(C)C)cc2)c2ncc(F)cc2n1CC(F)=CCN. The standard InChI is InChI=1S/C21H24F2N4O2S/c1-14-19(10-15-4-6-18(7-5-15)30(28,29)26(2)3)21-20(11-17(23)12-25-21)27(14)13-16(22)8-9-24/h4-8,11-12H,9-10,13,24H2,1-3H3. The Morgan fingerprint density at radius 2 is 1.93 bits per heavy atom. The predicted octanol–water partition coefficient (Wildman–Crippen LogP) is 3.14. The molecule has 2 heterocycles. The van der Waals surface area contributed by atoms with Gasteiger partial charge in [-0.1, -0.05) is 12.1 Å². The number of nitrogens with two attached hydrogens (primary N) is 1. The molecule has 30 heavy (non-hydrogen) atoms. The first kappa shape index (κ1) is 22.1. The monoisotopic (exact) mass is 434 g/mol. The van der Waals surface area contributed by atoms with Gasteiger partial charge in [0, 0.05) is 44.4 Å². The molecule has 0 fully saturated rings. The summed E-state index contributed by atoms with van der Waals surface area (Å²) in [6.45, 7) is 1.84. The van der Waals surface area contributed by atoms with Gasteiger partial charge in [-0.25, -0.2) is 21.5 Å². The molecular weight excluding hydrogens is 410 g/mol. The van der Waals surface area contributed by atoms with Crippen LogP contribution in [-0.4, -0.2) is 42.9 Å². The second-order valence-corrected chi connectivity index (χ2v) is 9.32. The average Bonchev–Trinajstić information content (AvgIpc) is 2.93. The summed E-state index contributed by atoms with van der Waals surface area (Å²) in [5.74, 6) is -0.916. The lowest BCUT2D eigenvalue weighted by Crippen LogP contribution is -2.22. The van der Waals surface area contributed by atoms with Crippen LogP contribution in [0.25, 0.3) is 11.0 Å². The number of hydrogen-bond acceptors (Lipinski definition) is 4.